The first kappa shape index (κ1) is 26.5. The van der Waals surface area contributed by atoms with Gasteiger partial charge in [-0.1, -0.05) is 16.8 Å². The maximum absolute atomic E-state index is 13.9. The summed E-state index contributed by atoms with van der Waals surface area (Å²) in [5.41, 5.74) is 4.99. The van der Waals surface area contributed by atoms with Crippen molar-refractivity contribution in [3.8, 4) is 17.1 Å². The number of halogens is 4. The third-order valence-corrected chi connectivity index (χ3v) is 7.01. The Morgan fingerprint density at radius 3 is 2.58 bits per heavy atom. The molecule has 0 amide bonds. The van der Waals surface area contributed by atoms with E-state index < -0.39 is 48.8 Å². The van der Waals surface area contributed by atoms with Crippen LogP contribution in [0.3, 0.4) is 0 Å². The number of rotatable bonds is 5. The zero-order valence-corrected chi connectivity index (χ0v) is 20.9. The van der Waals surface area contributed by atoms with E-state index >= 15 is 0 Å². The number of nitrogens with zero attached hydrogens (tertiary/aromatic N) is 7. The molecule has 0 bridgehead atoms. The van der Waals surface area contributed by atoms with Crippen LogP contribution in [-0.2, 0) is 10.9 Å². The van der Waals surface area contributed by atoms with Crippen molar-refractivity contribution in [2.24, 2.45) is 0 Å². The molecule has 0 radical (unpaired) electrons. The van der Waals surface area contributed by atoms with Gasteiger partial charge >= 0.3 is 6.18 Å². The molecule has 4 heterocycles. The molecule has 0 spiro atoms. The minimum atomic E-state index is -4.75. The predicted octanol–water partition coefficient (Wildman–Crippen LogP) is 1.94. The van der Waals surface area contributed by atoms with E-state index in [0.29, 0.717) is 16.5 Å². The van der Waals surface area contributed by atoms with E-state index in [2.05, 4.69) is 25.5 Å². The maximum atomic E-state index is 13.9. The number of benzene rings is 1. The molecular formula is C21H20ClF3N8O4S. The molecule has 1 aliphatic rings. The third-order valence-electron chi connectivity index (χ3n) is 6.10. The molecule has 12 nitrogen and oxygen atoms in total. The number of nitrogens with two attached hydrogens (primary N) is 1. The van der Waals surface area contributed by atoms with Crippen molar-refractivity contribution in [3.63, 3.8) is 0 Å². The van der Waals surface area contributed by atoms with E-state index in [-0.39, 0.29) is 22.4 Å². The van der Waals surface area contributed by atoms with Crippen LogP contribution in [0, 0.1) is 6.92 Å². The zero-order chi connectivity index (χ0) is 27.4. The van der Waals surface area contributed by atoms with E-state index in [4.69, 9.17) is 22.1 Å². The van der Waals surface area contributed by atoms with Crippen LogP contribution in [0.15, 0.2) is 29.8 Å². The molecular weight excluding hydrogens is 553 g/mol. The number of aryl methyl sites for hydroxylation is 1. The van der Waals surface area contributed by atoms with E-state index in [1.54, 1.807) is 5.38 Å². The highest BCUT2D eigenvalue weighted by Crippen LogP contribution is 2.41. The van der Waals surface area contributed by atoms with Gasteiger partial charge in [-0.3, -0.25) is 4.57 Å². The molecule has 5 rings (SSSR count). The van der Waals surface area contributed by atoms with Gasteiger partial charge in [-0.05, 0) is 25.1 Å². The van der Waals surface area contributed by atoms with Crippen molar-refractivity contribution < 1.29 is 33.2 Å². The van der Waals surface area contributed by atoms with Gasteiger partial charge in [-0.25, -0.2) is 9.67 Å². The van der Waals surface area contributed by atoms with Gasteiger partial charge < -0.3 is 25.8 Å². The summed E-state index contributed by atoms with van der Waals surface area (Å²) < 4.78 is 49.6. The Hall–Kier alpha value is -3.15. The molecule has 1 fully saturated rings. The molecule has 0 saturated carbocycles. The lowest BCUT2D eigenvalue weighted by Gasteiger charge is -2.41. The van der Waals surface area contributed by atoms with Crippen LogP contribution in [0.2, 0.25) is 5.02 Å². The molecule has 0 aliphatic carbocycles. The summed E-state index contributed by atoms with van der Waals surface area (Å²) in [6.07, 6.45) is -9.12. The van der Waals surface area contributed by atoms with Crippen LogP contribution in [-0.4, -0.2) is 75.0 Å². The Kier molecular flexibility index (Phi) is 6.87. The van der Waals surface area contributed by atoms with Gasteiger partial charge in [0.15, 0.2) is 11.0 Å². The molecule has 5 atom stereocenters. The summed E-state index contributed by atoms with van der Waals surface area (Å²) in [7, 11) is 0. The molecule has 2 unspecified atom stereocenters. The number of alkyl halides is 3. The topological polar surface area (TPSA) is 170 Å². The van der Waals surface area contributed by atoms with Crippen LogP contribution in [0.5, 0.6) is 0 Å². The van der Waals surface area contributed by atoms with E-state index in [1.807, 2.05) is 0 Å². The Morgan fingerprint density at radius 2 is 1.92 bits per heavy atom. The minimum absolute atomic E-state index is 0.0246. The molecule has 1 saturated heterocycles. The fourth-order valence-electron chi connectivity index (χ4n) is 4.36. The second kappa shape index (κ2) is 9.87. The van der Waals surface area contributed by atoms with Gasteiger partial charge in [0, 0.05) is 10.4 Å². The highest BCUT2D eigenvalue weighted by atomic mass is 35.5. The second-order valence-electron chi connectivity index (χ2n) is 8.50. The number of ether oxygens (including phenoxy) is 1. The van der Waals surface area contributed by atoms with Crippen molar-refractivity contribution in [1.82, 2.24) is 34.7 Å². The highest BCUT2D eigenvalue weighted by Gasteiger charge is 2.49. The third kappa shape index (κ3) is 4.63. The Bertz CT molecular complexity index is 1460. The lowest BCUT2D eigenvalue weighted by Crippen LogP contribution is -2.53. The molecule has 4 aromatic rings. The maximum Gasteiger partial charge on any atom is 0.418 e. The minimum Gasteiger partial charge on any atom is -0.394 e. The van der Waals surface area contributed by atoms with Gasteiger partial charge in [0.1, 0.15) is 47.7 Å². The molecule has 202 valence electrons. The number of nitrogen functional groups attached to an aromatic ring is 1. The quantitative estimate of drug-likeness (QED) is 0.277. The highest BCUT2D eigenvalue weighted by molar-refractivity contribution is 7.13. The van der Waals surface area contributed by atoms with Gasteiger partial charge in [0.05, 0.1) is 24.1 Å². The summed E-state index contributed by atoms with van der Waals surface area (Å²) in [6.45, 7) is 0.745. The van der Waals surface area contributed by atoms with E-state index in [1.165, 1.54) is 29.1 Å². The summed E-state index contributed by atoms with van der Waals surface area (Å²) in [6, 6.07) is 1.78. The van der Waals surface area contributed by atoms with Crippen molar-refractivity contribution in [2.45, 2.75) is 43.6 Å². The first-order valence-electron chi connectivity index (χ1n) is 11.0. The first-order chi connectivity index (χ1) is 18.0. The molecule has 3 aromatic heterocycles. The lowest BCUT2D eigenvalue weighted by atomic mass is 9.92. The van der Waals surface area contributed by atoms with Crippen molar-refractivity contribution in [1.29, 1.82) is 0 Å². The van der Waals surface area contributed by atoms with Gasteiger partial charge in [0.2, 0.25) is 0 Å². The average molecular weight is 573 g/mol. The van der Waals surface area contributed by atoms with E-state index in [0.717, 1.165) is 22.8 Å². The van der Waals surface area contributed by atoms with Crippen molar-refractivity contribution in [3.05, 3.63) is 52.0 Å². The number of anilines is 1. The Balaban J connectivity index is 1.59. The Labute approximate surface area is 221 Å². The van der Waals surface area contributed by atoms with Crippen LogP contribution in [0.25, 0.3) is 17.1 Å². The number of hydrogen-bond acceptors (Lipinski definition) is 11. The molecule has 1 aliphatic heterocycles. The summed E-state index contributed by atoms with van der Waals surface area (Å²) in [4.78, 5) is 4.12. The van der Waals surface area contributed by atoms with Crippen molar-refractivity contribution >= 4 is 28.1 Å². The lowest BCUT2D eigenvalue weighted by molar-refractivity contribution is -0.210. The smallest absolute Gasteiger partial charge is 0.394 e. The van der Waals surface area contributed by atoms with Crippen LogP contribution < -0.4 is 5.73 Å². The number of hydrogen-bond donors (Lipinski definition) is 4. The first-order valence-corrected chi connectivity index (χ1v) is 12.3. The van der Waals surface area contributed by atoms with Crippen LogP contribution in [0.1, 0.15) is 29.4 Å². The van der Waals surface area contributed by atoms with Gasteiger partial charge in [-0.15, -0.1) is 26.6 Å². The summed E-state index contributed by atoms with van der Waals surface area (Å²) >= 11 is 7.21. The Morgan fingerprint density at radius 1 is 1.16 bits per heavy atom. The standard InChI is InChI=1S/C21H20ClF3N8O4S/c1-8-28-30-19(33(8)13-4-9(22)2-3-10(13)21(23,24)25)18-17(36)15(16(35)14(6-34)37-18)32-5-11(29-31-32)12-7-38-20(26)27-12/h2-5,7,14-18,34-36H,6H2,1H3,(H2,26,27)/t14?,15-,16-,17?,18+/m0/s1. The SMILES string of the molecule is Cc1nnc([C@@H]2OC(CO)[C@H](O)[C@H](n3cc(-c4csc(N)n4)nn3)C2O)n1-c1cc(Cl)ccc1C(F)(F)F. The number of aliphatic hydroxyl groups excluding tert-OH is 3. The summed E-state index contributed by atoms with van der Waals surface area (Å²) in [5, 5.41) is 50.0. The molecule has 1 aromatic carbocycles. The van der Waals surface area contributed by atoms with Gasteiger partial charge in [0.25, 0.3) is 0 Å². The van der Waals surface area contributed by atoms with Crippen molar-refractivity contribution in [2.75, 3.05) is 12.3 Å². The second-order valence-corrected chi connectivity index (χ2v) is 9.83. The fourth-order valence-corrected chi connectivity index (χ4v) is 5.09. The normalized spacial score (nSPS) is 24.2. The monoisotopic (exact) mass is 572 g/mol. The molecule has 38 heavy (non-hydrogen) atoms. The van der Waals surface area contributed by atoms with Crippen LogP contribution in [0.4, 0.5) is 18.3 Å². The average Bonchev–Trinajstić information content (AvgIpc) is 3.59. The predicted molar refractivity (Wildman–Crippen MR) is 127 cm³/mol. The molecule has 17 heteroatoms. The number of aromatic nitrogens is 7. The van der Waals surface area contributed by atoms with Crippen LogP contribution >= 0.6 is 22.9 Å². The zero-order valence-electron chi connectivity index (χ0n) is 19.4. The summed E-state index contributed by atoms with van der Waals surface area (Å²) in [5.74, 6) is -0.151. The van der Waals surface area contributed by atoms with E-state index in [9.17, 15) is 28.5 Å². The largest absolute Gasteiger partial charge is 0.418 e. The van der Waals surface area contributed by atoms with Gasteiger partial charge in [-0.2, -0.15) is 13.2 Å². The number of aliphatic hydroxyl groups is 3. The number of thiazole rings is 1. The fraction of sp³-hybridized carbons (Fsp3) is 0.381. The molecule has 5 N–H and O–H groups in total.